The molecule has 152 valence electrons. The van der Waals surface area contributed by atoms with Crippen LogP contribution < -0.4 is 14.8 Å². The van der Waals surface area contributed by atoms with E-state index >= 15 is 0 Å². The van der Waals surface area contributed by atoms with E-state index in [1.807, 2.05) is 26.0 Å². The van der Waals surface area contributed by atoms with Gasteiger partial charge in [-0.2, -0.15) is 0 Å². The number of ether oxygens (including phenoxy) is 3. The second kappa shape index (κ2) is 8.83. The van der Waals surface area contributed by atoms with Crippen LogP contribution in [-0.2, 0) is 11.3 Å². The topological polar surface area (TPSA) is 87.0 Å². The average Bonchev–Trinajstić information content (AvgIpc) is 3.31. The van der Waals surface area contributed by atoms with E-state index in [4.69, 9.17) is 18.6 Å². The van der Waals surface area contributed by atoms with Crippen LogP contribution in [0.1, 0.15) is 37.1 Å². The highest BCUT2D eigenvalue weighted by Crippen LogP contribution is 2.33. The van der Waals surface area contributed by atoms with Gasteiger partial charge < -0.3 is 23.9 Å². The largest absolute Gasteiger partial charge is 0.493 e. The van der Waals surface area contributed by atoms with E-state index in [9.17, 15) is 9.59 Å². The van der Waals surface area contributed by atoms with E-state index in [2.05, 4.69) is 5.32 Å². The summed E-state index contributed by atoms with van der Waals surface area (Å²) in [6.45, 7) is 3.83. The molecule has 1 aromatic carbocycles. The SMILES string of the molecule is COC(=O)c1c(NC(=O)c2ccc(COc3ccccc3OC)o2)sc(C)c1C. The van der Waals surface area contributed by atoms with Crippen LogP contribution in [0.25, 0.3) is 0 Å². The van der Waals surface area contributed by atoms with Crippen LogP contribution in [0.15, 0.2) is 40.8 Å². The van der Waals surface area contributed by atoms with Crippen molar-refractivity contribution >= 4 is 28.2 Å². The van der Waals surface area contributed by atoms with E-state index in [0.717, 1.165) is 10.4 Å². The van der Waals surface area contributed by atoms with Crippen molar-refractivity contribution in [2.24, 2.45) is 0 Å². The standard InChI is InChI=1S/C21H21NO6S/c1-12-13(2)29-20(18(12)21(24)26-4)22-19(23)17-10-9-14(28-17)11-27-16-8-6-5-7-15(16)25-3/h5-10H,11H2,1-4H3,(H,22,23). The Balaban J connectivity index is 1.70. The van der Waals surface area contributed by atoms with Gasteiger partial charge in [0.2, 0.25) is 0 Å². The first-order valence-corrected chi connectivity index (χ1v) is 9.60. The second-order valence-electron chi connectivity index (χ2n) is 6.14. The maximum atomic E-state index is 12.6. The van der Waals surface area contributed by atoms with Crippen LogP contribution >= 0.6 is 11.3 Å². The summed E-state index contributed by atoms with van der Waals surface area (Å²) in [5, 5.41) is 3.16. The van der Waals surface area contributed by atoms with Crippen molar-refractivity contribution in [3.8, 4) is 11.5 Å². The highest BCUT2D eigenvalue weighted by atomic mass is 32.1. The summed E-state index contributed by atoms with van der Waals surface area (Å²) >= 11 is 1.31. The molecule has 0 saturated carbocycles. The van der Waals surface area contributed by atoms with Gasteiger partial charge in [0.1, 0.15) is 17.4 Å². The Morgan fingerprint density at radius 3 is 2.48 bits per heavy atom. The third-order valence-electron chi connectivity index (χ3n) is 4.33. The van der Waals surface area contributed by atoms with Crippen molar-refractivity contribution in [1.82, 2.24) is 0 Å². The van der Waals surface area contributed by atoms with Crippen LogP contribution in [-0.4, -0.2) is 26.1 Å². The third kappa shape index (κ3) is 4.43. The number of rotatable bonds is 7. The Kier molecular flexibility index (Phi) is 6.23. The number of para-hydroxylation sites is 2. The molecule has 0 unspecified atom stereocenters. The van der Waals surface area contributed by atoms with Crippen molar-refractivity contribution in [3.63, 3.8) is 0 Å². The van der Waals surface area contributed by atoms with E-state index < -0.39 is 11.9 Å². The number of aryl methyl sites for hydroxylation is 1. The number of furan rings is 1. The number of carbonyl (C=O) groups is 2. The number of hydrogen-bond acceptors (Lipinski definition) is 7. The number of anilines is 1. The predicted molar refractivity (Wildman–Crippen MR) is 109 cm³/mol. The minimum absolute atomic E-state index is 0.114. The normalized spacial score (nSPS) is 10.5. The van der Waals surface area contributed by atoms with Crippen LogP contribution in [0.3, 0.4) is 0 Å². The average molecular weight is 415 g/mol. The zero-order valence-corrected chi connectivity index (χ0v) is 17.3. The maximum absolute atomic E-state index is 12.6. The summed E-state index contributed by atoms with van der Waals surface area (Å²) in [5.41, 5.74) is 1.14. The molecule has 8 heteroatoms. The Bertz CT molecular complexity index is 1040. The molecule has 0 fully saturated rings. The van der Waals surface area contributed by atoms with Crippen molar-refractivity contribution in [3.05, 3.63) is 63.9 Å². The van der Waals surface area contributed by atoms with Gasteiger partial charge in [-0.3, -0.25) is 4.79 Å². The molecule has 0 atom stereocenters. The second-order valence-corrected chi connectivity index (χ2v) is 7.36. The summed E-state index contributed by atoms with van der Waals surface area (Å²) in [6, 6.07) is 10.5. The maximum Gasteiger partial charge on any atom is 0.341 e. The molecular formula is C21H21NO6S. The Morgan fingerprint density at radius 2 is 1.79 bits per heavy atom. The third-order valence-corrected chi connectivity index (χ3v) is 5.45. The van der Waals surface area contributed by atoms with Gasteiger partial charge in [0.05, 0.1) is 19.8 Å². The van der Waals surface area contributed by atoms with Crippen LogP contribution in [0.4, 0.5) is 5.00 Å². The highest BCUT2D eigenvalue weighted by molar-refractivity contribution is 7.16. The van der Waals surface area contributed by atoms with Gasteiger partial charge in [0.25, 0.3) is 5.91 Å². The summed E-state index contributed by atoms with van der Waals surface area (Å²) < 4.78 is 21.3. The van der Waals surface area contributed by atoms with Gasteiger partial charge in [-0.1, -0.05) is 12.1 Å². The first-order valence-electron chi connectivity index (χ1n) is 8.78. The number of methoxy groups -OCH3 is 2. The monoisotopic (exact) mass is 415 g/mol. The molecule has 0 saturated heterocycles. The first kappa shape index (κ1) is 20.5. The molecule has 0 spiro atoms. The molecule has 0 aliphatic rings. The van der Waals surface area contributed by atoms with Crippen molar-refractivity contribution in [2.75, 3.05) is 19.5 Å². The molecule has 3 rings (SSSR count). The molecule has 3 aromatic rings. The fourth-order valence-corrected chi connectivity index (χ4v) is 3.74. The quantitative estimate of drug-likeness (QED) is 0.568. The summed E-state index contributed by atoms with van der Waals surface area (Å²) in [6.07, 6.45) is 0. The number of hydrogen-bond donors (Lipinski definition) is 1. The van der Waals surface area contributed by atoms with Gasteiger partial charge in [-0.05, 0) is 43.7 Å². The number of carbonyl (C=O) groups excluding carboxylic acids is 2. The number of esters is 1. The number of benzene rings is 1. The molecule has 2 aromatic heterocycles. The fourth-order valence-electron chi connectivity index (χ4n) is 2.69. The van der Waals surface area contributed by atoms with E-state index in [1.54, 1.807) is 31.4 Å². The van der Waals surface area contributed by atoms with Crippen LogP contribution in [0, 0.1) is 13.8 Å². The molecule has 1 amide bonds. The molecule has 0 aliphatic heterocycles. The summed E-state index contributed by atoms with van der Waals surface area (Å²) in [5.74, 6) is 0.823. The molecule has 2 heterocycles. The Hall–Kier alpha value is -3.26. The fraction of sp³-hybridized carbons (Fsp3) is 0.238. The molecule has 0 radical (unpaired) electrons. The number of thiophene rings is 1. The minimum Gasteiger partial charge on any atom is -0.493 e. The van der Waals surface area contributed by atoms with E-state index in [1.165, 1.54) is 18.4 Å². The lowest BCUT2D eigenvalue weighted by Gasteiger charge is -2.08. The van der Waals surface area contributed by atoms with Gasteiger partial charge in [0, 0.05) is 4.88 Å². The lowest BCUT2D eigenvalue weighted by atomic mass is 10.1. The zero-order valence-electron chi connectivity index (χ0n) is 16.5. The smallest absolute Gasteiger partial charge is 0.341 e. The van der Waals surface area contributed by atoms with Gasteiger partial charge in [-0.25, -0.2) is 4.79 Å². The Morgan fingerprint density at radius 1 is 1.07 bits per heavy atom. The molecule has 0 bridgehead atoms. The number of amides is 1. The first-order chi connectivity index (χ1) is 13.9. The molecule has 7 nitrogen and oxygen atoms in total. The van der Waals surface area contributed by atoms with Crippen molar-refractivity contribution in [1.29, 1.82) is 0 Å². The molecule has 1 N–H and O–H groups in total. The summed E-state index contributed by atoms with van der Waals surface area (Å²) in [4.78, 5) is 25.5. The van der Waals surface area contributed by atoms with E-state index in [0.29, 0.717) is 27.8 Å². The highest BCUT2D eigenvalue weighted by Gasteiger charge is 2.23. The molecular weight excluding hydrogens is 394 g/mol. The van der Waals surface area contributed by atoms with E-state index in [-0.39, 0.29) is 12.4 Å². The van der Waals surface area contributed by atoms with Crippen molar-refractivity contribution in [2.45, 2.75) is 20.5 Å². The summed E-state index contributed by atoms with van der Waals surface area (Å²) in [7, 11) is 2.87. The van der Waals surface area contributed by atoms with Crippen LogP contribution in [0.2, 0.25) is 0 Å². The lowest BCUT2D eigenvalue weighted by molar-refractivity contribution is 0.0601. The van der Waals surface area contributed by atoms with Gasteiger partial charge in [0.15, 0.2) is 17.3 Å². The zero-order chi connectivity index (χ0) is 21.0. The van der Waals surface area contributed by atoms with Crippen LogP contribution in [0.5, 0.6) is 11.5 Å². The number of nitrogens with one attached hydrogen (secondary N) is 1. The minimum atomic E-state index is -0.493. The molecule has 0 aliphatic carbocycles. The van der Waals surface area contributed by atoms with Gasteiger partial charge in [-0.15, -0.1) is 11.3 Å². The van der Waals surface area contributed by atoms with Crippen molar-refractivity contribution < 1.29 is 28.2 Å². The lowest BCUT2D eigenvalue weighted by Crippen LogP contribution is -2.13. The predicted octanol–water partition coefficient (Wildman–Crippen LogP) is 4.58. The Labute approximate surface area is 172 Å². The molecule has 29 heavy (non-hydrogen) atoms. The van der Waals surface area contributed by atoms with Gasteiger partial charge >= 0.3 is 5.97 Å².